The third-order valence-corrected chi connectivity index (χ3v) is 5.22. The zero-order valence-electron chi connectivity index (χ0n) is 13.8. The Labute approximate surface area is 144 Å². The van der Waals surface area contributed by atoms with Crippen LogP contribution in [0.25, 0.3) is 0 Å². The third-order valence-electron chi connectivity index (χ3n) is 5.22. The van der Waals surface area contributed by atoms with Crippen molar-refractivity contribution in [3.05, 3.63) is 29.1 Å². The van der Waals surface area contributed by atoms with E-state index in [1.165, 1.54) is 6.07 Å². The predicted octanol–water partition coefficient (Wildman–Crippen LogP) is -0.153. The van der Waals surface area contributed by atoms with Gasteiger partial charge in [0.1, 0.15) is 12.0 Å². The number of rotatable bonds is 2. The Morgan fingerprint density at radius 2 is 1.96 bits per heavy atom. The number of amides is 2. The highest BCUT2D eigenvalue weighted by Gasteiger charge is 2.40. The maximum absolute atomic E-state index is 14.6. The van der Waals surface area contributed by atoms with Gasteiger partial charge in [0.05, 0.1) is 11.7 Å². The van der Waals surface area contributed by atoms with E-state index in [1.54, 1.807) is 11.0 Å². The monoisotopic (exact) mass is 348 g/mol. The van der Waals surface area contributed by atoms with Crippen LogP contribution in [0.4, 0.5) is 10.1 Å². The number of aliphatic hydroxyl groups excluding tert-OH is 1. The van der Waals surface area contributed by atoms with Crippen LogP contribution in [0.2, 0.25) is 0 Å². The molecule has 0 radical (unpaired) electrons. The normalized spacial score (nSPS) is 27.4. The average molecular weight is 348 g/mol. The summed E-state index contributed by atoms with van der Waals surface area (Å²) in [7, 11) is 0. The fourth-order valence-corrected chi connectivity index (χ4v) is 3.89. The van der Waals surface area contributed by atoms with Crippen LogP contribution in [0, 0.1) is 5.82 Å². The number of imide groups is 1. The number of hydrogen-bond donors (Lipinski definition) is 3. The largest absolute Gasteiger partial charge is 0.374 e. The van der Waals surface area contributed by atoms with E-state index in [0.29, 0.717) is 24.2 Å². The summed E-state index contributed by atoms with van der Waals surface area (Å²) in [5.41, 5.74) is 1.87. The molecule has 2 amide bonds. The number of halogens is 1. The van der Waals surface area contributed by atoms with Crippen molar-refractivity contribution < 1.29 is 19.1 Å². The number of aliphatic hydroxyl groups is 1. The van der Waals surface area contributed by atoms with Gasteiger partial charge in [-0.25, -0.2) is 4.39 Å². The first kappa shape index (κ1) is 16.4. The Morgan fingerprint density at radius 3 is 2.68 bits per heavy atom. The van der Waals surface area contributed by atoms with Crippen molar-refractivity contribution in [2.24, 2.45) is 0 Å². The molecule has 0 saturated carbocycles. The zero-order chi connectivity index (χ0) is 17.6. The van der Waals surface area contributed by atoms with Gasteiger partial charge < -0.3 is 15.3 Å². The molecule has 3 aliphatic rings. The lowest BCUT2D eigenvalue weighted by Gasteiger charge is -2.31. The minimum atomic E-state index is -1.04. The number of hydrogen-bond acceptors (Lipinski definition) is 6. The van der Waals surface area contributed by atoms with Gasteiger partial charge in [-0.1, -0.05) is 0 Å². The molecule has 2 fully saturated rings. The molecule has 0 bridgehead atoms. The minimum absolute atomic E-state index is 0.246. The summed E-state index contributed by atoms with van der Waals surface area (Å²) in [6.45, 7) is 3.44. The summed E-state index contributed by atoms with van der Waals surface area (Å²) in [5.74, 6) is -1.05. The van der Waals surface area contributed by atoms with E-state index in [2.05, 4.69) is 10.6 Å². The van der Waals surface area contributed by atoms with Gasteiger partial charge in [0, 0.05) is 44.7 Å². The number of benzene rings is 1. The number of carbonyl (C=O) groups excluding carboxylic acids is 2. The van der Waals surface area contributed by atoms with E-state index in [9.17, 15) is 19.1 Å². The minimum Gasteiger partial charge on any atom is -0.374 e. The van der Waals surface area contributed by atoms with E-state index < -0.39 is 18.2 Å². The Hall–Kier alpha value is -2.03. The lowest BCUT2D eigenvalue weighted by Crippen LogP contribution is -2.51. The molecule has 0 aromatic heterocycles. The molecule has 2 saturated heterocycles. The zero-order valence-corrected chi connectivity index (χ0v) is 13.8. The van der Waals surface area contributed by atoms with E-state index in [0.717, 1.165) is 31.7 Å². The smallest absolute Gasteiger partial charge is 0.244 e. The van der Waals surface area contributed by atoms with Crippen molar-refractivity contribution in [2.75, 3.05) is 31.1 Å². The molecule has 134 valence electrons. The summed E-state index contributed by atoms with van der Waals surface area (Å²) < 4.78 is 14.6. The molecular weight excluding hydrogens is 327 g/mol. The van der Waals surface area contributed by atoms with Crippen LogP contribution in [0.15, 0.2) is 12.1 Å². The van der Waals surface area contributed by atoms with E-state index >= 15 is 0 Å². The first-order chi connectivity index (χ1) is 12.0. The van der Waals surface area contributed by atoms with Gasteiger partial charge in [0.15, 0.2) is 0 Å². The van der Waals surface area contributed by atoms with E-state index in [4.69, 9.17) is 0 Å². The molecule has 7 nitrogen and oxygen atoms in total. The number of anilines is 1. The van der Waals surface area contributed by atoms with Gasteiger partial charge in [-0.15, -0.1) is 0 Å². The molecule has 0 spiro atoms. The molecule has 2 unspecified atom stereocenters. The Morgan fingerprint density at radius 1 is 1.20 bits per heavy atom. The highest BCUT2D eigenvalue weighted by atomic mass is 19.1. The van der Waals surface area contributed by atoms with Crippen molar-refractivity contribution >= 4 is 17.5 Å². The van der Waals surface area contributed by atoms with Crippen LogP contribution >= 0.6 is 0 Å². The number of nitrogens with one attached hydrogen (secondary N) is 2. The van der Waals surface area contributed by atoms with Gasteiger partial charge in [0.2, 0.25) is 11.8 Å². The fourth-order valence-electron chi connectivity index (χ4n) is 3.89. The fraction of sp³-hybridized carbons (Fsp3) is 0.529. The average Bonchev–Trinajstić information content (AvgIpc) is 2.91. The third kappa shape index (κ3) is 2.90. The summed E-state index contributed by atoms with van der Waals surface area (Å²) in [5, 5.41) is 16.1. The van der Waals surface area contributed by atoms with Gasteiger partial charge in [-0.05, 0) is 24.1 Å². The molecule has 3 aliphatic heterocycles. The molecule has 3 N–H and O–H groups in total. The Bertz CT molecular complexity index is 720. The summed E-state index contributed by atoms with van der Waals surface area (Å²) in [6, 6.07) is 2.58. The first-order valence-electron chi connectivity index (χ1n) is 8.60. The second-order valence-corrected chi connectivity index (χ2v) is 6.75. The summed E-state index contributed by atoms with van der Waals surface area (Å²) in [6.07, 6.45) is -0.426. The number of carbonyl (C=O) groups is 2. The molecule has 0 aliphatic carbocycles. The number of piperidine rings is 1. The maximum Gasteiger partial charge on any atom is 0.244 e. The van der Waals surface area contributed by atoms with Crippen LogP contribution in [-0.2, 0) is 16.1 Å². The number of nitrogens with zero attached hydrogens (tertiary/aromatic N) is 2. The molecule has 1 aromatic rings. The van der Waals surface area contributed by atoms with Crippen molar-refractivity contribution in [1.29, 1.82) is 0 Å². The Balaban J connectivity index is 1.59. The number of fused-ring (bicyclic) bond motifs is 1. The first-order valence-corrected chi connectivity index (χ1v) is 8.60. The molecule has 8 heteroatoms. The quantitative estimate of drug-likeness (QED) is 0.645. The SMILES string of the molecule is O=C1CCC(N2Cc3cc(N4CCNCC4)c(F)cc3C2O)C(=O)N1. The maximum atomic E-state index is 14.6. The lowest BCUT2D eigenvalue weighted by molar-refractivity contribution is -0.141. The van der Waals surface area contributed by atoms with Gasteiger partial charge >= 0.3 is 0 Å². The van der Waals surface area contributed by atoms with Gasteiger partial charge in [0.25, 0.3) is 0 Å². The topological polar surface area (TPSA) is 84.9 Å². The van der Waals surface area contributed by atoms with Gasteiger partial charge in [-0.2, -0.15) is 0 Å². The van der Waals surface area contributed by atoms with Crippen molar-refractivity contribution in [2.45, 2.75) is 31.7 Å². The molecule has 2 atom stereocenters. The molecular formula is C17H21FN4O3. The van der Waals surface area contributed by atoms with Crippen molar-refractivity contribution in [3.63, 3.8) is 0 Å². The van der Waals surface area contributed by atoms with E-state index in [-0.39, 0.29) is 18.1 Å². The molecule has 3 heterocycles. The van der Waals surface area contributed by atoms with Crippen LogP contribution in [0.1, 0.15) is 30.2 Å². The van der Waals surface area contributed by atoms with Crippen molar-refractivity contribution in [3.8, 4) is 0 Å². The highest BCUT2D eigenvalue weighted by molar-refractivity contribution is 6.00. The second-order valence-electron chi connectivity index (χ2n) is 6.75. The van der Waals surface area contributed by atoms with Crippen LogP contribution in [0.3, 0.4) is 0 Å². The Kier molecular flexibility index (Phi) is 4.18. The molecule has 25 heavy (non-hydrogen) atoms. The van der Waals surface area contributed by atoms with Crippen molar-refractivity contribution in [1.82, 2.24) is 15.5 Å². The molecule has 4 rings (SSSR count). The summed E-state index contributed by atoms with van der Waals surface area (Å²) >= 11 is 0. The van der Waals surface area contributed by atoms with Crippen LogP contribution in [-0.4, -0.2) is 54.0 Å². The standard InChI is InChI=1S/C17H21FN4O3/c18-12-8-11-10(7-14(12)21-5-3-19-4-6-21)9-22(17(11)25)13-1-2-15(23)20-16(13)24/h7-8,13,17,19,25H,1-6,9H2,(H,20,23,24). The predicted molar refractivity (Wildman–Crippen MR) is 88.2 cm³/mol. The summed E-state index contributed by atoms with van der Waals surface area (Å²) in [4.78, 5) is 27.0. The van der Waals surface area contributed by atoms with Crippen LogP contribution in [0.5, 0.6) is 0 Å². The van der Waals surface area contributed by atoms with Crippen LogP contribution < -0.4 is 15.5 Å². The van der Waals surface area contributed by atoms with Gasteiger partial charge in [-0.3, -0.25) is 19.8 Å². The highest BCUT2D eigenvalue weighted by Crippen LogP contribution is 2.38. The molecule has 1 aromatic carbocycles. The lowest BCUT2D eigenvalue weighted by atomic mass is 10.0. The second kappa shape index (κ2) is 6.36. The van der Waals surface area contributed by atoms with E-state index in [1.807, 2.05) is 4.90 Å². The number of piperazine rings is 1.